The molecule has 0 aliphatic rings. The van der Waals surface area contributed by atoms with Crippen LogP contribution in [0.1, 0.15) is 62.6 Å². The Labute approximate surface area is 178 Å². The Kier molecular flexibility index (Phi) is 7.51. The summed E-state index contributed by atoms with van der Waals surface area (Å²) in [5, 5.41) is 6.46. The number of nitrogens with one attached hydrogen (secondary N) is 1. The van der Waals surface area contributed by atoms with Crippen molar-refractivity contribution in [3.8, 4) is 0 Å². The molecule has 29 heavy (non-hydrogen) atoms. The molecule has 0 bridgehead atoms. The van der Waals surface area contributed by atoms with Crippen molar-refractivity contribution in [2.45, 2.75) is 52.6 Å². The van der Waals surface area contributed by atoms with Gasteiger partial charge in [0.2, 0.25) is 0 Å². The lowest BCUT2D eigenvalue weighted by atomic mass is 10.1. The van der Waals surface area contributed by atoms with E-state index in [0.717, 1.165) is 48.4 Å². The molecule has 0 aliphatic carbocycles. The Morgan fingerprint density at radius 1 is 1.14 bits per heavy atom. The number of hydrogen-bond acceptors (Lipinski definition) is 3. The number of rotatable bonds is 10. The standard InChI is InChI=1S/C24H33N3OS/c1-5-26(6-2)15-10-11-18(3)25-23(28)22-17-21-14-16-29-24(21)27(22)19(4)20-12-8-7-9-13-20/h7-9,12-14,16-19H,5-6,10-11,15H2,1-4H3,(H,25,28). The van der Waals surface area contributed by atoms with Crippen molar-refractivity contribution in [2.75, 3.05) is 19.6 Å². The zero-order valence-electron chi connectivity index (χ0n) is 18.0. The zero-order valence-corrected chi connectivity index (χ0v) is 18.8. The second-order valence-electron chi connectivity index (χ2n) is 7.71. The molecule has 1 amide bonds. The highest BCUT2D eigenvalue weighted by Crippen LogP contribution is 2.31. The number of amides is 1. The normalized spacial score (nSPS) is 13.7. The van der Waals surface area contributed by atoms with E-state index in [9.17, 15) is 4.79 Å². The summed E-state index contributed by atoms with van der Waals surface area (Å²) >= 11 is 1.69. The molecular formula is C24H33N3OS. The Bertz CT molecular complexity index is 911. The van der Waals surface area contributed by atoms with Crippen LogP contribution >= 0.6 is 11.3 Å². The van der Waals surface area contributed by atoms with Crippen LogP contribution in [0, 0.1) is 0 Å². The molecule has 0 fully saturated rings. The van der Waals surface area contributed by atoms with Gasteiger partial charge in [-0.1, -0.05) is 44.2 Å². The van der Waals surface area contributed by atoms with Crippen LogP contribution in [-0.2, 0) is 0 Å². The Morgan fingerprint density at radius 3 is 2.55 bits per heavy atom. The summed E-state index contributed by atoms with van der Waals surface area (Å²) in [6.07, 6.45) is 2.09. The number of hydrogen-bond donors (Lipinski definition) is 1. The molecule has 2 atom stereocenters. The molecule has 3 rings (SSSR count). The summed E-state index contributed by atoms with van der Waals surface area (Å²) in [6, 6.07) is 14.8. The van der Waals surface area contributed by atoms with E-state index in [1.807, 2.05) is 12.1 Å². The predicted molar refractivity (Wildman–Crippen MR) is 124 cm³/mol. The summed E-state index contributed by atoms with van der Waals surface area (Å²) in [7, 11) is 0. The van der Waals surface area contributed by atoms with Crippen LogP contribution in [0.15, 0.2) is 47.8 Å². The van der Waals surface area contributed by atoms with E-state index < -0.39 is 0 Å². The van der Waals surface area contributed by atoms with Crippen LogP contribution in [0.3, 0.4) is 0 Å². The molecule has 3 aromatic rings. The van der Waals surface area contributed by atoms with E-state index >= 15 is 0 Å². The highest BCUT2D eigenvalue weighted by molar-refractivity contribution is 7.16. The minimum atomic E-state index is 0.0199. The summed E-state index contributed by atoms with van der Waals surface area (Å²) in [5.74, 6) is 0.0199. The molecule has 156 valence electrons. The van der Waals surface area contributed by atoms with Gasteiger partial charge in [0, 0.05) is 11.4 Å². The van der Waals surface area contributed by atoms with Crippen LogP contribution in [-0.4, -0.2) is 41.1 Å². The van der Waals surface area contributed by atoms with Gasteiger partial charge < -0.3 is 14.8 Å². The highest BCUT2D eigenvalue weighted by atomic mass is 32.1. The van der Waals surface area contributed by atoms with Gasteiger partial charge in [-0.2, -0.15) is 0 Å². The maximum atomic E-state index is 13.2. The molecule has 0 saturated carbocycles. The lowest BCUT2D eigenvalue weighted by Crippen LogP contribution is -2.35. The SMILES string of the molecule is CCN(CC)CCCC(C)NC(=O)c1cc2ccsc2n1C(C)c1ccccc1. The molecule has 0 aliphatic heterocycles. The molecule has 0 radical (unpaired) electrons. The smallest absolute Gasteiger partial charge is 0.268 e. The van der Waals surface area contributed by atoms with Crippen LogP contribution in [0.5, 0.6) is 0 Å². The first kappa shape index (κ1) is 21.6. The van der Waals surface area contributed by atoms with Crippen molar-refractivity contribution in [2.24, 2.45) is 0 Å². The first-order valence-corrected chi connectivity index (χ1v) is 11.6. The van der Waals surface area contributed by atoms with Gasteiger partial charge in [0.25, 0.3) is 5.91 Å². The number of aromatic nitrogens is 1. The third-order valence-corrected chi connectivity index (χ3v) is 6.66. The van der Waals surface area contributed by atoms with Gasteiger partial charge >= 0.3 is 0 Å². The van der Waals surface area contributed by atoms with Crippen molar-refractivity contribution in [3.05, 3.63) is 59.1 Å². The fourth-order valence-electron chi connectivity index (χ4n) is 3.91. The number of benzene rings is 1. The zero-order chi connectivity index (χ0) is 20.8. The van der Waals surface area contributed by atoms with Crippen molar-refractivity contribution in [1.82, 2.24) is 14.8 Å². The summed E-state index contributed by atoms with van der Waals surface area (Å²) in [6.45, 7) is 11.9. The third kappa shape index (κ3) is 5.09. The van der Waals surface area contributed by atoms with Gasteiger partial charge in [-0.3, -0.25) is 4.79 Å². The molecule has 1 aromatic carbocycles. The maximum Gasteiger partial charge on any atom is 0.268 e. The second kappa shape index (κ2) is 10.1. The lowest BCUT2D eigenvalue weighted by molar-refractivity contribution is 0.0927. The molecule has 2 aromatic heterocycles. The summed E-state index contributed by atoms with van der Waals surface area (Å²) in [4.78, 5) is 16.7. The van der Waals surface area contributed by atoms with Crippen molar-refractivity contribution < 1.29 is 4.79 Å². The quantitative estimate of drug-likeness (QED) is 0.475. The lowest BCUT2D eigenvalue weighted by Gasteiger charge is -2.21. The first-order chi connectivity index (χ1) is 14.0. The highest BCUT2D eigenvalue weighted by Gasteiger charge is 2.22. The predicted octanol–water partition coefficient (Wildman–Crippen LogP) is 5.55. The van der Waals surface area contributed by atoms with Crippen LogP contribution < -0.4 is 5.32 Å². The third-order valence-electron chi connectivity index (χ3n) is 5.73. The number of fused-ring (bicyclic) bond motifs is 1. The topological polar surface area (TPSA) is 37.3 Å². The largest absolute Gasteiger partial charge is 0.348 e. The van der Waals surface area contributed by atoms with Crippen LogP contribution in [0.2, 0.25) is 0 Å². The van der Waals surface area contributed by atoms with Gasteiger partial charge in [-0.25, -0.2) is 0 Å². The van der Waals surface area contributed by atoms with Crippen molar-refractivity contribution >= 4 is 27.5 Å². The summed E-state index contributed by atoms with van der Waals surface area (Å²) in [5.41, 5.74) is 1.96. The molecule has 1 N–H and O–H groups in total. The van der Waals surface area contributed by atoms with Gasteiger partial charge in [0.1, 0.15) is 10.5 Å². The maximum absolute atomic E-state index is 13.2. The van der Waals surface area contributed by atoms with Crippen LogP contribution in [0.25, 0.3) is 10.2 Å². The number of carbonyl (C=O) groups excluding carboxylic acids is 1. The van der Waals surface area contributed by atoms with E-state index in [1.165, 1.54) is 5.56 Å². The molecule has 2 unspecified atom stereocenters. The van der Waals surface area contributed by atoms with Gasteiger partial charge in [-0.15, -0.1) is 11.3 Å². The number of nitrogens with zero attached hydrogens (tertiary/aromatic N) is 2. The van der Waals surface area contributed by atoms with Gasteiger partial charge in [-0.05, 0) is 69.4 Å². The van der Waals surface area contributed by atoms with E-state index in [0.29, 0.717) is 0 Å². The number of carbonyl (C=O) groups is 1. The first-order valence-electron chi connectivity index (χ1n) is 10.7. The molecule has 5 heteroatoms. The Hall–Kier alpha value is -2.11. The van der Waals surface area contributed by atoms with E-state index in [-0.39, 0.29) is 18.0 Å². The van der Waals surface area contributed by atoms with Crippen molar-refractivity contribution in [3.63, 3.8) is 0 Å². The minimum absolute atomic E-state index is 0.0199. The fraction of sp³-hybridized carbons (Fsp3) is 0.458. The van der Waals surface area contributed by atoms with Gasteiger partial charge in [0.15, 0.2) is 0 Å². The molecule has 0 saturated heterocycles. The number of thiophene rings is 1. The van der Waals surface area contributed by atoms with Crippen molar-refractivity contribution in [1.29, 1.82) is 0 Å². The Morgan fingerprint density at radius 2 is 1.86 bits per heavy atom. The van der Waals surface area contributed by atoms with E-state index in [1.54, 1.807) is 11.3 Å². The second-order valence-corrected chi connectivity index (χ2v) is 8.61. The molecule has 2 heterocycles. The molecular weight excluding hydrogens is 378 g/mol. The molecule has 4 nitrogen and oxygen atoms in total. The van der Waals surface area contributed by atoms with Crippen LogP contribution in [0.4, 0.5) is 0 Å². The van der Waals surface area contributed by atoms with Gasteiger partial charge in [0.05, 0.1) is 6.04 Å². The van der Waals surface area contributed by atoms with E-state index in [2.05, 4.69) is 78.2 Å². The average Bonchev–Trinajstić information content (AvgIpc) is 3.32. The average molecular weight is 412 g/mol. The summed E-state index contributed by atoms with van der Waals surface area (Å²) < 4.78 is 2.19. The molecule has 0 spiro atoms. The Balaban J connectivity index is 1.74. The fourth-order valence-corrected chi connectivity index (χ4v) is 4.89. The van der Waals surface area contributed by atoms with E-state index in [4.69, 9.17) is 0 Å². The monoisotopic (exact) mass is 411 g/mol. The minimum Gasteiger partial charge on any atom is -0.348 e.